The maximum absolute atomic E-state index is 11.6. The molecule has 0 aromatic rings. The molecule has 21 heavy (non-hydrogen) atoms. The molecule has 3 fully saturated rings. The van der Waals surface area contributed by atoms with E-state index in [0.29, 0.717) is 0 Å². The van der Waals surface area contributed by atoms with Gasteiger partial charge >= 0.3 is 5.97 Å². The van der Waals surface area contributed by atoms with Crippen molar-refractivity contribution >= 4 is 5.97 Å². The van der Waals surface area contributed by atoms with Gasteiger partial charge in [0, 0.05) is 24.2 Å². The summed E-state index contributed by atoms with van der Waals surface area (Å²) in [6, 6.07) is 0. The van der Waals surface area contributed by atoms with Gasteiger partial charge in [0.15, 0.2) is 0 Å². The number of ether oxygens (including phenoxy) is 3. The highest BCUT2D eigenvalue weighted by Crippen LogP contribution is 2.71. The summed E-state index contributed by atoms with van der Waals surface area (Å²) in [4.78, 5) is 11.6. The van der Waals surface area contributed by atoms with Gasteiger partial charge in [0.2, 0.25) is 0 Å². The monoisotopic (exact) mass is 292 g/mol. The zero-order chi connectivity index (χ0) is 15.0. The van der Waals surface area contributed by atoms with Crippen LogP contribution in [0.4, 0.5) is 0 Å². The molecule has 0 radical (unpaired) electrons. The lowest BCUT2D eigenvalue weighted by molar-refractivity contribution is -0.210. The van der Waals surface area contributed by atoms with Crippen LogP contribution in [-0.4, -0.2) is 36.5 Å². The van der Waals surface area contributed by atoms with Crippen LogP contribution in [0.5, 0.6) is 0 Å². The molecule has 0 aromatic heterocycles. The van der Waals surface area contributed by atoms with E-state index < -0.39 is 0 Å². The minimum absolute atomic E-state index is 0.0455. The number of carbonyl (C=O) groups is 1. The first kappa shape index (κ1) is 13.8. The number of esters is 1. The molecule has 6 atom stereocenters. The van der Waals surface area contributed by atoms with Gasteiger partial charge in [-0.05, 0) is 19.8 Å². The van der Waals surface area contributed by atoms with Crippen LogP contribution in [0.15, 0.2) is 11.6 Å². The van der Waals surface area contributed by atoms with Crippen molar-refractivity contribution in [1.82, 2.24) is 0 Å². The summed E-state index contributed by atoms with van der Waals surface area (Å²) in [6.45, 7) is 8.96. The Balaban J connectivity index is 1.82. The first-order chi connectivity index (χ1) is 9.83. The molecule has 0 aromatic carbocycles. The molecule has 1 spiro atoms. The topological polar surface area (TPSA) is 48.1 Å². The van der Waals surface area contributed by atoms with Crippen molar-refractivity contribution in [2.24, 2.45) is 10.8 Å². The van der Waals surface area contributed by atoms with Crippen molar-refractivity contribution in [3.05, 3.63) is 11.6 Å². The Morgan fingerprint density at radius 2 is 2.14 bits per heavy atom. The predicted octanol–water partition coefficient (Wildman–Crippen LogP) is 2.61. The Morgan fingerprint density at radius 3 is 2.76 bits per heavy atom. The number of rotatable bonds is 1. The van der Waals surface area contributed by atoms with Crippen LogP contribution in [0.25, 0.3) is 0 Å². The zero-order valence-corrected chi connectivity index (χ0v) is 13.3. The number of hydrogen-bond acceptors (Lipinski definition) is 4. The van der Waals surface area contributed by atoms with Gasteiger partial charge in [-0.25, -0.2) is 0 Å². The molecule has 4 heteroatoms. The van der Waals surface area contributed by atoms with E-state index in [9.17, 15) is 4.79 Å². The molecule has 4 rings (SSSR count). The Hall–Kier alpha value is -0.870. The number of allylic oxidation sites excluding steroid dienone is 1. The third kappa shape index (κ3) is 1.45. The van der Waals surface area contributed by atoms with E-state index >= 15 is 0 Å². The molecule has 3 unspecified atom stereocenters. The summed E-state index contributed by atoms with van der Waals surface area (Å²) in [6.07, 6.45) is 5.23. The van der Waals surface area contributed by atoms with Gasteiger partial charge in [-0.2, -0.15) is 0 Å². The summed E-state index contributed by atoms with van der Waals surface area (Å²) in [5.41, 5.74) is 0.946. The molecule has 2 bridgehead atoms. The van der Waals surface area contributed by atoms with Crippen LogP contribution >= 0.6 is 0 Å². The van der Waals surface area contributed by atoms with Crippen molar-refractivity contribution in [1.29, 1.82) is 0 Å². The Kier molecular flexibility index (Phi) is 2.56. The molecular formula is C17H24O4. The lowest BCUT2D eigenvalue weighted by atomic mass is 9.52. The number of carbonyl (C=O) groups excluding carboxylic acids is 1. The number of epoxide rings is 1. The van der Waals surface area contributed by atoms with Gasteiger partial charge < -0.3 is 14.2 Å². The number of fused-ring (bicyclic) bond motifs is 2. The van der Waals surface area contributed by atoms with Gasteiger partial charge in [-0.15, -0.1) is 0 Å². The van der Waals surface area contributed by atoms with Crippen LogP contribution in [0.3, 0.4) is 0 Å². The van der Waals surface area contributed by atoms with E-state index in [4.69, 9.17) is 14.2 Å². The molecule has 0 amide bonds. The standard InChI is InChI=1S/C17H24O4/c1-10-5-6-15(3)12(7-10)21-14-8-13(20-11(2)18)16(15,4)17(14)9-19-17/h7,12-14H,5-6,8-9H2,1-4H3/t12?,13?,14-,15?,16-,17+/m0/s1. The van der Waals surface area contributed by atoms with E-state index in [1.54, 1.807) is 0 Å². The van der Waals surface area contributed by atoms with Gasteiger partial charge in [0.05, 0.1) is 18.8 Å². The normalized spacial score (nSPS) is 54.1. The van der Waals surface area contributed by atoms with Crippen molar-refractivity contribution in [2.75, 3.05) is 6.61 Å². The summed E-state index contributed by atoms with van der Waals surface area (Å²) in [5.74, 6) is -0.202. The highest BCUT2D eigenvalue weighted by atomic mass is 16.6. The first-order valence-corrected chi connectivity index (χ1v) is 7.97. The van der Waals surface area contributed by atoms with Gasteiger partial charge in [-0.1, -0.05) is 25.5 Å². The van der Waals surface area contributed by atoms with Crippen molar-refractivity contribution in [3.63, 3.8) is 0 Å². The quantitative estimate of drug-likeness (QED) is 0.423. The van der Waals surface area contributed by atoms with E-state index in [-0.39, 0.29) is 40.7 Å². The average molecular weight is 292 g/mol. The van der Waals surface area contributed by atoms with Crippen LogP contribution < -0.4 is 0 Å². The third-order valence-electron chi connectivity index (χ3n) is 6.83. The fraction of sp³-hybridized carbons (Fsp3) is 0.824. The van der Waals surface area contributed by atoms with E-state index in [2.05, 4.69) is 26.8 Å². The second-order valence-corrected chi connectivity index (χ2v) is 7.69. The van der Waals surface area contributed by atoms with E-state index in [0.717, 1.165) is 25.9 Å². The summed E-state index contributed by atoms with van der Waals surface area (Å²) >= 11 is 0. The molecule has 0 N–H and O–H groups in total. The minimum atomic E-state index is -0.239. The van der Waals surface area contributed by atoms with Crippen molar-refractivity contribution in [3.8, 4) is 0 Å². The second-order valence-electron chi connectivity index (χ2n) is 7.69. The van der Waals surface area contributed by atoms with E-state index in [1.807, 2.05) is 0 Å². The molecule has 1 saturated carbocycles. The van der Waals surface area contributed by atoms with Gasteiger partial charge in [0.1, 0.15) is 11.7 Å². The maximum atomic E-state index is 11.6. The lowest BCUT2D eigenvalue weighted by Crippen LogP contribution is -2.63. The van der Waals surface area contributed by atoms with Gasteiger partial charge in [0.25, 0.3) is 0 Å². The Morgan fingerprint density at radius 1 is 1.43 bits per heavy atom. The highest BCUT2D eigenvalue weighted by Gasteiger charge is 2.81. The molecule has 2 heterocycles. The van der Waals surface area contributed by atoms with Crippen LogP contribution in [0.1, 0.15) is 47.0 Å². The lowest BCUT2D eigenvalue weighted by Gasteiger charge is -2.57. The minimum Gasteiger partial charge on any atom is -0.462 e. The Bertz CT molecular complexity index is 535. The smallest absolute Gasteiger partial charge is 0.302 e. The van der Waals surface area contributed by atoms with Crippen LogP contribution in [0, 0.1) is 10.8 Å². The molecule has 116 valence electrons. The second kappa shape index (κ2) is 3.90. The summed E-state index contributed by atoms with van der Waals surface area (Å²) in [7, 11) is 0. The molecule has 2 saturated heterocycles. The summed E-state index contributed by atoms with van der Waals surface area (Å²) < 4.78 is 18.1. The molecule has 4 nitrogen and oxygen atoms in total. The van der Waals surface area contributed by atoms with Crippen LogP contribution in [0.2, 0.25) is 0 Å². The maximum Gasteiger partial charge on any atom is 0.302 e. The fourth-order valence-electron chi connectivity index (χ4n) is 5.22. The first-order valence-electron chi connectivity index (χ1n) is 7.97. The highest BCUT2D eigenvalue weighted by molar-refractivity contribution is 5.66. The molecule has 4 aliphatic rings. The fourth-order valence-corrected chi connectivity index (χ4v) is 5.22. The molecule has 2 aliphatic carbocycles. The van der Waals surface area contributed by atoms with Crippen LogP contribution in [-0.2, 0) is 19.0 Å². The molecule has 2 aliphatic heterocycles. The third-order valence-corrected chi connectivity index (χ3v) is 6.83. The Labute approximate surface area is 125 Å². The largest absolute Gasteiger partial charge is 0.462 e. The van der Waals surface area contributed by atoms with Crippen molar-refractivity contribution in [2.45, 2.75) is 70.9 Å². The van der Waals surface area contributed by atoms with E-state index in [1.165, 1.54) is 12.5 Å². The number of hydrogen-bond donors (Lipinski definition) is 0. The SMILES string of the molecule is CC(=O)OC1C[C@@H]2OC3C=C(C)CCC3(C)[C@@]1(C)[C@@]21CO1. The average Bonchev–Trinajstić information content (AvgIpc) is 3.16. The van der Waals surface area contributed by atoms with Crippen molar-refractivity contribution < 1.29 is 19.0 Å². The zero-order valence-electron chi connectivity index (χ0n) is 13.3. The predicted molar refractivity (Wildman–Crippen MR) is 76.7 cm³/mol. The summed E-state index contributed by atoms with van der Waals surface area (Å²) in [5, 5.41) is 0. The van der Waals surface area contributed by atoms with Gasteiger partial charge in [-0.3, -0.25) is 4.79 Å². The molecular weight excluding hydrogens is 268 g/mol.